The van der Waals surface area contributed by atoms with Gasteiger partial charge in [0.1, 0.15) is 5.75 Å². The summed E-state index contributed by atoms with van der Waals surface area (Å²) >= 11 is 0. The number of para-hydroxylation sites is 1. The summed E-state index contributed by atoms with van der Waals surface area (Å²) in [6.07, 6.45) is 8.01. The molecule has 1 heterocycles. The van der Waals surface area contributed by atoms with Crippen LogP contribution in [0.1, 0.15) is 50.5 Å². The molecule has 0 radical (unpaired) electrons. The normalized spacial score (nSPS) is 20.0. The average molecular weight is 361 g/mol. The minimum absolute atomic E-state index is 0.0245. The number of carbonyl (C=O) groups is 1. The number of hydrogen-bond donors (Lipinski definition) is 2. The van der Waals surface area contributed by atoms with E-state index < -0.39 is 0 Å². The number of carbonyl (C=O) groups excluding carboxylic acids is 1. The quantitative estimate of drug-likeness (QED) is 0.747. The van der Waals surface area contributed by atoms with Gasteiger partial charge in [-0.15, -0.1) is 0 Å². The molecule has 1 saturated carbocycles. The van der Waals surface area contributed by atoms with Crippen LogP contribution in [0.15, 0.2) is 24.3 Å². The summed E-state index contributed by atoms with van der Waals surface area (Å²) < 4.78 is 11.5. The molecule has 5 heteroatoms. The highest BCUT2D eigenvalue weighted by atomic mass is 16.5. The summed E-state index contributed by atoms with van der Waals surface area (Å²) in [6.45, 7) is 1.54. The van der Waals surface area contributed by atoms with E-state index in [9.17, 15) is 9.90 Å². The standard InChI is InChI=1S/C21H31NO4/c23-15-18(13-16-9-11-25-12-10-16)22-21(24)14-17-5-1-4-8-20(17)26-19-6-2-3-7-19/h1,4-5,8,16,18-19,23H,2-3,6-7,9-15H2,(H,22,24). The number of aliphatic hydroxyl groups excluding tert-OH is 1. The number of hydrogen-bond acceptors (Lipinski definition) is 4. The molecule has 0 spiro atoms. The Hall–Kier alpha value is -1.59. The molecule has 1 aromatic carbocycles. The first kappa shape index (κ1) is 19.2. The van der Waals surface area contributed by atoms with Crippen molar-refractivity contribution in [3.8, 4) is 5.75 Å². The maximum atomic E-state index is 12.5. The van der Waals surface area contributed by atoms with E-state index in [-0.39, 0.29) is 31.1 Å². The number of rotatable bonds is 8. The minimum atomic E-state index is -0.187. The van der Waals surface area contributed by atoms with Gasteiger partial charge in [0.2, 0.25) is 5.91 Å². The average Bonchev–Trinajstić information content (AvgIpc) is 3.17. The van der Waals surface area contributed by atoms with Crippen LogP contribution in [0.5, 0.6) is 5.75 Å². The van der Waals surface area contributed by atoms with Crippen molar-refractivity contribution in [1.82, 2.24) is 5.32 Å². The van der Waals surface area contributed by atoms with Gasteiger partial charge in [-0.25, -0.2) is 0 Å². The van der Waals surface area contributed by atoms with Gasteiger partial charge in [-0.1, -0.05) is 18.2 Å². The molecule has 5 nitrogen and oxygen atoms in total. The second-order valence-electron chi connectivity index (χ2n) is 7.55. The molecule has 1 saturated heterocycles. The summed E-state index contributed by atoms with van der Waals surface area (Å²) in [4.78, 5) is 12.5. The Morgan fingerprint density at radius 1 is 1.19 bits per heavy atom. The molecule has 0 bridgehead atoms. The van der Waals surface area contributed by atoms with E-state index in [4.69, 9.17) is 9.47 Å². The van der Waals surface area contributed by atoms with Gasteiger partial charge in [-0.2, -0.15) is 0 Å². The van der Waals surface area contributed by atoms with Crippen LogP contribution in [0, 0.1) is 5.92 Å². The molecule has 1 atom stereocenters. The van der Waals surface area contributed by atoms with Crippen LogP contribution in [-0.4, -0.2) is 43.0 Å². The molecular formula is C21H31NO4. The van der Waals surface area contributed by atoms with Crippen molar-refractivity contribution >= 4 is 5.91 Å². The van der Waals surface area contributed by atoms with Crippen LogP contribution in [0.3, 0.4) is 0 Å². The monoisotopic (exact) mass is 361 g/mol. The molecular weight excluding hydrogens is 330 g/mol. The van der Waals surface area contributed by atoms with Gasteiger partial charge in [-0.05, 0) is 56.9 Å². The molecule has 1 aromatic rings. The first-order valence-corrected chi connectivity index (χ1v) is 9.97. The summed E-state index contributed by atoms with van der Waals surface area (Å²) in [5.41, 5.74) is 0.916. The number of ether oxygens (including phenoxy) is 2. The van der Waals surface area contributed by atoms with Crippen molar-refractivity contribution in [2.24, 2.45) is 5.92 Å². The Kier molecular flexibility index (Phi) is 7.32. The molecule has 3 rings (SSSR count). The molecule has 144 valence electrons. The molecule has 1 aliphatic heterocycles. The third kappa shape index (κ3) is 5.71. The van der Waals surface area contributed by atoms with Crippen LogP contribution < -0.4 is 10.1 Å². The molecule has 1 unspecified atom stereocenters. The van der Waals surface area contributed by atoms with Crippen molar-refractivity contribution in [3.05, 3.63) is 29.8 Å². The summed E-state index contributed by atoms with van der Waals surface area (Å²) in [6, 6.07) is 7.61. The number of aliphatic hydroxyl groups is 1. The first-order valence-electron chi connectivity index (χ1n) is 9.97. The largest absolute Gasteiger partial charge is 0.490 e. The topological polar surface area (TPSA) is 67.8 Å². The van der Waals surface area contributed by atoms with Gasteiger partial charge < -0.3 is 19.9 Å². The predicted octanol–water partition coefficient (Wildman–Crippen LogP) is 2.84. The zero-order chi connectivity index (χ0) is 18.2. The van der Waals surface area contributed by atoms with Crippen molar-refractivity contribution in [2.75, 3.05) is 19.8 Å². The van der Waals surface area contributed by atoms with E-state index in [2.05, 4.69) is 5.32 Å². The number of nitrogens with one attached hydrogen (secondary N) is 1. The van der Waals surface area contributed by atoms with Crippen molar-refractivity contribution < 1.29 is 19.4 Å². The van der Waals surface area contributed by atoms with Gasteiger partial charge in [0.05, 0.1) is 25.2 Å². The lowest BCUT2D eigenvalue weighted by atomic mass is 9.92. The van der Waals surface area contributed by atoms with E-state index in [0.717, 1.165) is 56.6 Å². The Morgan fingerprint density at radius 3 is 2.65 bits per heavy atom. The zero-order valence-electron chi connectivity index (χ0n) is 15.5. The molecule has 1 amide bonds. The van der Waals surface area contributed by atoms with E-state index in [0.29, 0.717) is 5.92 Å². The third-order valence-corrected chi connectivity index (χ3v) is 5.46. The van der Waals surface area contributed by atoms with E-state index in [1.54, 1.807) is 0 Å². The minimum Gasteiger partial charge on any atom is -0.490 e. The van der Waals surface area contributed by atoms with Gasteiger partial charge in [0.25, 0.3) is 0 Å². The van der Waals surface area contributed by atoms with Crippen LogP contribution in [0.4, 0.5) is 0 Å². The molecule has 2 fully saturated rings. The molecule has 0 aromatic heterocycles. The molecule has 2 aliphatic rings. The van der Waals surface area contributed by atoms with Crippen LogP contribution >= 0.6 is 0 Å². The SMILES string of the molecule is O=C(Cc1ccccc1OC1CCCC1)NC(CO)CC1CCOCC1. The second-order valence-corrected chi connectivity index (χ2v) is 7.55. The number of amides is 1. The highest BCUT2D eigenvalue weighted by Gasteiger charge is 2.22. The Bertz CT molecular complexity index is 565. The maximum absolute atomic E-state index is 12.5. The van der Waals surface area contributed by atoms with E-state index in [1.807, 2.05) is 24.3 Å². The highest BCUT2D eigenvalue weighted by molar-refractivity contribution is 5.79. The summed E-state index contributed by atoms with van der Waals surface area (Å²) in [7, 11) is 0. The van der Waals surface area contributed by atoms with E-state index in [1.165, 1.54) is 12.8 Å². The van der Waals surface area contributed by atoms with E-state index >= 15 is 0 Å². The van der Waals surface area contributed by atoms with Crippen molar-refractivity contribution in [1.29, 1.82) is 0 Å². The Balaban J connectivity index is 1.53. The highest BCUT2D eigenvalue weighted by Crippen LogP contribution is 2.27. The lowest BCUT2D eigenvalue weighted by molar-refractivity contribution is -0.121. The van der Waals surface area contributed by atoms with Crippen LogP contribution in [-0.2, 0) is 16.0 Å². The van der Waals surface area contributed by atoms with Gasteiger partial charge in [0, 0.05) is 18.8 Å². The zero-order valence-corrected chi connectivity index (χ0v) is 15.5. The fraction of sp³-hybridized carbons (Fsp3) is 0.667. The van der Waals surface area contributed by atoms with Gasteiger partial charge >= 0.3 is 0 Å². The second kappa shape index (κ2) is 9.93. The lowest BCUT2D eigenvalue weighted by Gasteiger charge is -2.26. The Morgan fingerprint density at radius 2 is 1.92 bits per heavy atom. The Labute approximate surface area is 156 Å². The molecule has 26 heavy (non-hydrogen) atoms. The predicted molar refractivity (Wildman–Crippen MR) is 100 cm³/mol. The third-order valence-electron chi connectivity index (χ3n) is 5.46. The van der Waals surface area contributed by atoms with Crippen molar-refractivity contribution in [2.45, 2.75) is 63.5 Å². The number of benzene rings is 1. The van der Waals surface area contributed by atoms with Crippen molar-refractivity contribution in [3.63, 3.8) is 0 Å². The smallest absolute Gasteiger partial charge is 0.224 e. The summed E-state index contributed by atoms with van der Waals surface area (Å²) in [5, 5.41) is 12.6. The first-order chi connectivity index (χ1) is 12.7. The van der Waals surface area contributed by atoms with Crippen LogP contribution in [0.25, 0.3) is 0 Å². The van der Waals surface area contributed by atoms with Gasteiger partial charge in [-0.3, -0.25) is 4.79 Å². The van der Waals surface area contributed by atoms with Crippen LogP contribution in [0.2, 0.25) is 0 Å². The lowest BCUT2D eigenvalue weighted by Crippen LogP contribution is -2.40. The van der Waals surface area contributed by atoms with Gasteiger partial charge in [0.15, 0.2) is 0 Å². The fourth-order valence-electron chi connectivity index (χ4n) is 3.97. The summed E-state index contributed by atoms with van der Waals surface area (Å²) in [5.74, 6) is 1.28. The maximum Gasteiger partial charge on any atom is 0.224 e. The fourth-order valence-corrected chi connectivity index (χ4v) is 3.97. The molecule has 1 aliphatic carbocycles. The molecule has 2 N–H and O–H groups in total.